The summed E-state index contributed by atoms with van der Waals surface area (Å²) in [6.07, 6.45) is 1.17. The molecule has 3 aromatic rings. The first-order valence-electron chi connectivity index (χ1n) is 12.4. The Morgan fingerprint density at radius 2 is 1.83 bits per heavy atom. The smallest absolute Gasteiger partial charge is 0.332 e. The number of aliphatic hydroxyl groups is 1. The maximum absolute atomic E-state index is 13.1. The summed E-state index contributed by atoms with van der Waals surface area (Å²) >= 11 is 0. The molecule has 0 radical (unpaired) electrons. The molecular weight excluding hydrogens is 446 g/mol. The third-order valence-electron chi connectivity index (χ3n) is 7.01. The van der Waals surface area contributed by atoms with Gasteiger partial charge in [-0.15, -0.1) is 0 Å². The lowest BCUT2D eigenvalue weighted by Gasteiger charge is -2.31. The molecule has 1 aromatic carbocycles. The van der Waals surface area contributed by atoms with E-state index in [-0.39, 0.29) is 19.1 Å². The molecule has 1 fully saturated rings. The average Bonchev–Trinajstić information content (AvgIpc) is 3.19. The average molecular weight is 484 g/mol. The second-order valence-electron chi connectivity index (χ2n) is 10.2. The minimum Gasteiger partial charge on any atom is -0.491 e. The highest BCUT2D eigenvalue weighted by atomic mass is 16.5. The fourth-order valence-corrected chi connectivity index (χ4v) is 4.75. The van der Waals surface area contributed by atoms with E-state index in [0.29, 0.717) is 23.0 Å². The number of hydrogen-bond acceptors (Lipinski definition) is 6. The first-order valence-corrected chi connectivity index (χ1v) is 12.4. The van der Waals surface area contributed by atoms with Crippen LogP contribution in [0.2, 0.25) is 0 Å². The van der Waals surface area contributed by atoms with E-state index in [1.807, 2.05) is 13.0 Å². The number of piperidine rings is 1. The van der Waals surface area contributed by atoms with Crippen molar-refractivity contribution in [1.29, 1.82) is 0 Å². The fourth-order valence-electron chi connectivity index (χ4n) is 4.75. The zero-order valence-corrected chi connectivity index (χ0v) is 21.6. The summed E-state index contributed by atoms with van der Waals surface area (Å²) in [5, 5.41) is 11.0. The lowest BCUT2D eigenvalue weighted by molar-refractivity contribution is 0.0929. The number of aryl methyl sites for hydroxylation is 2. The Morgan fingerprint density at radius 3 is 2.49 bits per heavy atom. The molecule has 0 bridgehead atoms. The van der Waals surface area contributed by atoms with Crippen molar-refractivity contribution >= 4 is 17.1 Å². The number of ether oxygens (including phenoxy) is 1. The van der Waals surface area contributed by atoms with E-state index >= 15 is 0 Å². The minimum absolute atomic E-state index is 0.0748. The van der Waals surface area contributed by atoms with Crippen LogP contribution in [0.25, 0.3) is 11.2 Å². The molecule has 1 saturated heterocycles. The van der Waals surface area contributed by atoms with Gasteiger partial charge >= 0.3 is 5.69 Å². The lowest BCUT2D eigenvalue weighted by atomic mass is 10.00. The Kier molecular flexibility index (Phi) is 7.07. The molecular formula is C26H37N5O4. The van der Waals surface area contributed by atoms with Crippen molar-refractivity contribution in [3.8, 4) is 5.75 Å². The summed E-state index contributed by atoms with van der Waals surface area (Å²) in [6.45, 7) is 10.3. The molecule has 2 aromatic heterocycles. The van der Waals surface area contributed by atoms with Crippen molar-refractivity contribution < 1.29 is 9.84 Å². The topological polar surface area (TPSA) is 94.5 Å². The van der Waals surface area contributed by atoms with Gasteiger partial charge in [0.15, 0.2) is 11.2 Å². The van der Waals surface area contributed by atoms with Crippen molar-refractivity contribution in [2.24, 2.45) is 20.0 Å². The number of nitrogens with zero attached hydrogens (tertiary/aromatic N) is 5. The van der Waals surface area contributed by atoms with E-state index in [4.69, 9.17) is 9.72 Å². The summed E-state index contributed by atoms with van der Waals surface area (Å²) in [5.74, 6) is 2.29. The monoisotopic (exact) mass is 483 g/mol. The number of imidazole rings is 1. The van der Waals surface area contributed by atoms with Gasteiger partial charge in [-0.2, -0.15) is 4.98 Å². The van der Waals surface area contributed by atoms with Crippen molar-refractivity contribution in [2.45, 2.75) is 59.1 Å². The highest BCUT2D eigenvalue weighted by Crippen LogP contribution is 2.28. The first-order chi connectivity index (χ1) is 16.6. The van der Waals surface area contributed by atoms with Crippen LogP contribution in [0.3, 0.4) is 0 Å². The van der Waals surface area contributed by atoms with Gasteiger partial charge in [0.1, 0.15) is 18.5 Å². The van der Waals surface area contributed by atoms with Crippen molar-refractivity contribution in [1.82, 2.24) is 18.7 Å². The van der Waals surface area contributed by atoms with Crippen LogP contribution >= 0.6 is 0 Å². The van der Waals surface area contributed by atoms with Crippen LogP contribution in [0.15, 0.2) is 27.8 Å². The van der Waals surface area contributed by atoms with E-state index < -0.39 is 17.4 Å². The summed E-state index contributed by atoms with van der Waals surface area (Å²) in [5.41, 5.74) is 1.99. The van der Waals surface area contributed by atoms with E-state index in [1.54, 1.807) is 11.6 Å². The molecule has 1 aliphatic heterocycles. The molecule has 0 aliphatic carbocycles. The van der Waals surface area contributed by atoms with Gasteiger partial charge in [0.05, 0.1) is 6.54 Å². The number of benzene rings is 1. The van der Waals surface area contributed by atoms with Crippen LogP contribution in [-0.2, 0) is 20.6 Å². The van der Waals surface area contributed by atoms with Gasteiger partial charge in [0.25, 0.3) is 5.56 Å². The van der Waals surface area contributed by atoms with Gasteiger partial charge in [-0.3, -0.25) is 13.9 Å². The molecule has 1 atom stereocenters. The van der Waals surface area contributed by atoms with Crippen molar-refractivity contribution in [2.75, 3.05) is 24.6 Å². The minimum atomic E-state index is -0.877. The highest BCUT2D eigenvalue weighted by Gasteiger charge is 2.26. The SMILES string of the molecule is Cc1ccc(C(C)C)c(OC[C@@H](O)Cn2c(N3CCC(C)CC3)nc3c2c(=O)n(C)c(=O)n3C)c1. The predicted octanol–water partition coefficient (Wildman–Crippen LogP) is 2.54. The molecule has 0 unspecified atom stereocenters. The molecule has 190 valence electrons. The zero-order chi connectivity index (χ0) is 25.4. The zero-order valence-electron chi connectivity index (χ0n) is 21.6. The third kappa shape index (κ3) is 4.87. The van der Waals surface area contributed by atoms with Crippen LogP contribution in [0.1, 0.15) is 50.7 Å². The highest BCUT2D eigenvalue weighted by molar-refractivity contribution is 5.74. The lowest BCUT2D eigenvalue weighted by Crippen LogP contribution is -2.38. The molecule has 35 heavy (non-hydrogen) atoms. The van der Waals surface area contributed by atoms with E-state index in [0.717, 1.165) is 47.4 Å². The first kappa shape index (κ1) is 25.0. The molecule has 9 nitrogen and oxygen atoms in total. The number of aromatic nitrogens is 4. The third-order valence-corrected chi connectivity index (χ3v) is 7.01. The van der Waals surface area contributed by atoms with Crippen LogP contribution in [-0.4, -0.2) is 49.6 Å². The second-order valence-corrected chi connectivity index (χ2v) is 10.2. The fraction of sp³-hybridized carbons (Fsp3) is 0.577. The molecule has 0 amide bonds. The normalized spacial score (nSPS) is 15.8. The molecule has 0 spiro atoms. The van der Waals surface area contributed by atoms with E-state index in [9.17, 15) is 14.7 Å². The maximum Gasteiger partial charge on any atom is 0.332 e. The van der Waals surface area contributed by atoms with Crippen molar-refractivity contribution in [3.05, 3.63) is 50.2 Å². The number of hydrogen-bond donors (Lipinski definition) is 1. The summed E-state index contributed by atoms with van der Waals surface area (Å²) in [6, 6.07) is 6.10. The number of anilines is 1. The van der Waals surface area contributed by atoms with Gasteiger partial charge < -0.3 is 19.3 Å². The van der Waals surface area contributed by atoms with Gasteiger partial charge in [-0.1, -0.05) is 32.9 Å². The predicted molar refractivity (Wildman–Crippen MR) is 138 cm³/mol. The largest absolute Gasteiger partial charge is 0.491 e. The Hall–Kier alpha value is -3.07. The van der Waals surface area contributed by atoms with Crippen LogP contribution in [0, 0.1) is 12.8 Å². The summed E-state index contributed by atoms with van der Waals surface area (Å²) in [7, 11) is 3.09. The van der Waals surface area contributed by atoms with E-state index in [1.165, 1.54) is 11.6 Å². The van der Waals surface area contributed by atoms with Gasteiger partial charge in [-0.25, -0.2) is 4.79 Å². The number of rotatable bonds is 7. The number of aliphatic hydroxyl groups excluding tert-OH is 1. The Labute approximate surface area is 205 Å². The molecule has 0 saturated carbocycles. The standard InChI is InChI=1S/C26H37N5O4/c1-16(2)20-8-7-18(4)13-21(20)35-15-19(32)14-31-22-23(28(5)26(34)29(6)24(22)33)27-25(31)30-11-9-17(3)10-12-30/h7-8,13,16-17,19,32H,9-12,14-15H2,1-6H3/t19-/m0/s1. The van der Waals surface area contributed by atoms with Gasteiger partial charge in [0.2, 0.25) is 5.95 Å². The molecule has 3 heterocycles. The Bertz CT molecular complexity index is 1330. The van der Waals surface area contributed by atoms with Crippen LogP contribution < -0.4 is 20.9 Å². The van der Waals surface area contributed by atoms with Crippen molar-refractivity contribution in [3.63, 3.8) is 0 Å². The van der Waals surface area contributed by atoms with Gasteiger partial charge in [-0.05, 0) is 48.8 Å². The quantitative estimate of drug-likeness (QED) is 0.555. The number of fused-ring (bicyclic) bond motifs is 1. The maximum atomic E-state index is 13.1. The Balaban J connectivity index is 1.68. The molecule has 1 aliphatic rings. The van der Waals surface area contributed by atoms with Crippen LogP contribution in [0.5, 0.6) is 5.75 Å². The molecule has 4 rings (SSSR count). The second kappa shape index (κ2) is 9.89. The van der Waals surface area contributed by atoms with E-state index in [2.05, 4.69) is 37.8 Å². The van der Waals surface area contributed by atoms with Gasteiger partial charge in [0, 0.05) is 27.2 Å². The Morgan fingerprint density at radius 1 is 1.14 bits per heavy atom. The molecule has 9 heteroatoms. The summed E-state index contributed by atoms with van der Waals surface area (Å²) < 4.78 is 10.3. The molecule has 1 N–H and O–H groups in total. The summed E-state index contributed by atoms with van der Waals surface area (Å²) in [4.78, 5) is 32.6. The van der Waals surface area contributed by atoms with Crippen LogP contribution in [0.4, 0.5) is 5.95 Å².